The van der Waals surface area contributed by atoms with Gasteiger partial charge in [0.2, 0.25) is 10.0 Å². The zero-order valence-corrected chi connectivity index (χ0v) is 18.2. The first kappa shape index (κ1) is 20.0. The number of amides is 1. The van der Waals surface area contributed by atoms with Crippen molar-refractivity contribution < 1.29 is 13.2 Å². The van der Waals surface area contributed by atoms with Gasteiger partial charge in [-0.25, -0.2) is 8.42 Å². The van der Waals surface area contributed by atoms with Crippen LogP contribution in [0, 0.1) is 13.8 Å². The summed E-state index contributed by atoms with van der Waals surface area (Å²) in [5.74, 6) is -0.156. The number of nitrogens with zero attached hydrogens (tertiary/aromatic N) is 6. The summed E-state index contributed by atoms with van der Waals surface area (Å²) in [6, 6.07) is 0. The molecule has 1 saturated heterocycles. The number of sulfonamides is 1. The van der Waals surface area contributed by atoms with Crippen molar-refractivity contribution >= 4 is 31.9 Å². The summed E-state index contributed by atoms with van der Waals surface area (Å²) in [7, 11) is -1.90. The zero-order valence-electron chi connectivity index (χ0n) is 15.8. The summed E-state index contributed by atoms with van der Waals surface area (Å²) in [4.78, 5) is 14.7. The van der Waals surface area contributed by atoms with Crippen LogP contribution in [0.3, 0.4) is 0 Å². The van der Waals surface area contributed by atoms with Crippen LogP contribution < -0.4 is 0 Å². The van der Waals surface area contributed by atoms with E-state index in [4.69, 9.17) is 0 Å². The van der Waals surface area contributed by atoms with Gasteiger partial charge in [-0.1, -0.05) is 0 Å². The maximum absolute atomic E-state index is 12.9. The molecule has 2 aromatic heterocycles. The molecule has 0 radical (unpaired) electrons. The average molecular weight is 459 g/mol. The van der Waals surface area contributed by atoms with E-state index in [1.54, 1.807) is 34.4 Å². The minimum atomic E-state index is -3.62. The number of carbonyl (C=O) groups excluding carboxylic acids is 1. The lowest BCUT2D eigenvalue weighted by molar-refractivity contribution is 0.0685. The number of halogens is 1. The number of aromatic nitrogens is 4. The molecule has 3 heterocycles. The maximum Gasteiger partial charge on any atom is 0.273 e. The van der Waals surface area contributed by atoms with Crippen LogP contribution in [0.25, 0.3) is 0 Å². The third-order valence-electron chi connectivity index (χ3n) is 4.72. The van der Waals surface area contributed by atoms with Gasteiger partial charge in [-0.3, -0.25) is 14.2 Å². The van der Waals surface area contributed by atoms with E-state index < -0.39 is 10.0 Å². The van der Waals surface area contributed by atoms with Crippen LogP contribution in [0.15, 0.2) is 15.6 Å². The summed E-state index contributed by atoms with van der Waals surface area (Å²) in [6.07, 6.45) is 1.57. The quantitative estimate of drug-likeness (QED) is 0.684. The number of hydrogen-bond donors (Lipinski definition) is 0. The number of aryl methyl sites for hydroxylation is 4. The highest BCUT2D eigenvalue weighted by Crippen LogP contribution is 2.24. The van der Waals surface area contributed by atoms with Crippen molar-refractivity contribution in [3.05, 3.63) is 27.8 Å². The highest BCUT2D eigenvalue weighted by Gasteiger charge is 2.33. The van der Waals surface area contributed by atoms with Gasteiger partial charge in [0.1, 0.15) is 10.6 Å². The molecule has 1 amide bonds. The summed E-state index contributed by atoms with van der Waals surface area (Å²) in [6.45, 7) is 7.19. The normalized spacial score (nSPS) is 16.1. The lowest BCUT2D eigenvalue weighted by Gasteiger charge is -2.33. The van der Waals surface area contributed by atoms with E-state index in [1.807, 2.05) is 13.8 Å². The molecule has 0 bridgehead atoms. The summed E-state index contributed by atoms with van der Waals surface area (Å²) in [5.41, 5.74) is 1.71. The summed E-state index contributed by atoms with van der Waals surface area (Å²) >= 11 is 3.41. The molecule has 0 atom stereocenters. The highest BCUT2D eigenvalue weighted by molar-refractivity contribution is 9.10. The Morgan fingerprint density at radius 2 is 1.78 bits per heavy atom. The maximum atomic E-state index is 12.9. The molecule has 0 spiro atoms. The molecule has 0 aliphatic carbocycles. The summed E-state index contributed by atoms with van der Waals surface area (Å²) < 4.78 is 31.1. The predicted octanol–water partition coefficient (Wildman–Crippen LogP) is 1.16. The predicted molar refractivity (Wildman–Crippen MR) is 103 cm³/mol. The Balaban J connectivity index is 1.75. The molecule has 27 heavy (non-hydrogen) atoms. The molecule has 2 aromatic rings. The first-order valence-electron chi connectivity index (χ1n) is 8.69. The molecule has 3 rings (SSSR count). The molecule has 9 nitrogen and oxygen atoms in total. The van der Waals surface area contributed by atoms with Crippen LogP contribution in [0.1, 0.15) is 28.8 Å². The van der Waals surface area contributed by atoms with E-state index in [0.29, 0.717) is 35.5 Å². The van der Waals surface area contributed by atoms with Crippen LogP contribution in [0.5, 0.6) is 0 Å². The van der Waals surface area contributed by atoms with Crippen LogP contribution in [-0.4, -0.2) is 69.3 Å². The molecule has 0 saturated carbocycles. The Kier molecular flexibility index (Phi) is 5.46. The molecule has 0 unspecified atom stereocenters. The van der Waals surface area contributed by atoms with E-state index in [2.05, 4.69) is 26.1 Å². The van der Waals surface area contributed by atoms with E-state index in [0.717, 1.165) is 5.69 Å². The fourth-order valence-electron chi connectivity index (χ4n) is 3.20. The van der Waals surface area contributed by atoms with Crippen molar-refractivity contribution in [3.63, 3.8) is 0 Å². The van der Waals surface area contributed by atoms with Gasteiger partial charge >= 0.3 is 0 Å². The summed E-state index contributed by atoms with van der Waals surface area (Å²) in [5, 5.41) is 8.47. The van der Waals surface area contributed by atoms with Crippen molar-refractivity contribution in [2.24, 2.45) is 7.05 Å². The Morgan fingerprint density at radius 1 is 1.15 bits per heavy atom. The lowest BCUT2D eigenvalue weighted by atomic mass is 10.3. The van der Waals surface area contributed by atoms with Crippen molar-refractivity contribution in [2.75, 3.05) is 26.2 Å². The third-order valence-corrected chi connectivity index (χ3v) is 7.67. The number of carbonyl (C=O) groups is 1. The van der Waals surface area contributed by atoms with Crippen molar-refractivity contribution in [3.8, 4) is 0 Å². The largest absolute Gasteiger partial charge is 0.335 e. The van der Waals surface area contributed by atoms with Crippen molar-refractivity contribution in [1.82, 2.24) is 28.8 Å². The molecule has 0 N–H and O–H groups in total. The van der Waals surface area contributed by atoms with Gasteiger partial charge in [0.15, 0.2) is 0 Å². The average Bonchev–Trinajstić information content (AvgIpc) is 3.14. The Labute approximate surface area is 167 Å². The van der Waals surface area contributed by atoms with Crippen LogP contribution in [0.4, 0.5) is 0 Å². The number of piperazine rings is 1. The molecule has 11 heteroatoms. The minimum absolute atomic E-state index is 0.156. The first-order valence-corrected chi connectivity index (χ1v) is 10.9. The van der Waals surface area contributed by atoms with Gasteiger partial charge in [0.05, 0.1) is 15.9 Å². The van der Waals surface area contributed by atoms with Gasteiger partial charge in [0, 0.05) is 46.0 Å². The lowest BCUT2D eigenvalue weighted by Crippen LogP contribution is -2.50. The minimum Gasteiger partial charge on any atom is -0.335 e. The van der Waals surface area contributed by atoms with Crippen LogP contribution in [0.2, 0.25) is 0 Å². The second-order valence-electron chi connectivity index (χ2n) is 6.50. The zero-order chi connectivity index (χ0) is 19.9. The van der Waals surface area contributed by atoms with Gasteiger partial charge in [-0.05, 0) is 36.7 Å². The highest BCUT2D eigenvalue weighted by atomic mass is 79.9. The molecule has 1 aliphatic rings. The Morgan fingerprint density at radius 3 is 2.26 bits per heavy atom. The molecular weight excluding hydrogens is 436 g/mol. The van der Waals surface area contributed by atoms with Gasteiger partial charge < -0.3 is 4.90 Å². The SMILES string of the molecule is CCn1cc(S(=O)(=O)N2CCN(C(=O)c3c(Br)c(C)nn3C)CC2)c(C)n1. The van der Waals surface area contributed by atoms with Crippen LogP contribution >= 0.6 is 15.9 Å². The first-order chi connectivity index (χ1) is 12.7. The smallest absolute Gasteiger partial charge is 0.273 e. The molecule has 1 fully saturated rings. The van der Waals surface area contributed by atoms with Crippen LogP contribution in [-0.2, 0) is 23.6 Å². The second-order valence-corrected chi connectivity index (χ2v) is 9.20. The molecule has 1 aliphatic heterocycles. The second kappa shape index (κ2) is 7.36. The third kappa shape index (κ3) is 3.55. The molecule has 0 aromatic carbocycles. The van der Waals surface area contributed by atoms with Gasteiger partial charge in [0.25, 0.3) is 5.91 Å². The fourth-order valence-corrected chi connectivity index (χ4v) is 5.30. The fraction of sp³-hybridized carbons (Fsp3) is 0.562. The van der Waals surface area contributed by atoms with E-state index in [9.17, 15) is 13.2 Å². The topological polar surface area (TPSA) is 93.3 Å². The van der Waals surface area contributed by atoms with E-state index >= 15 is 0 Å². The van der Waals surface area contributed by atoms with Crippen molar-refractivity contribution in [2.45, 2.75) is 32.2 Å². The standard InChI is InChI=1S/C16H23BrN6O3S/c1-5-22-10-13(11(2)19-22)27(25,26)23-8-6-21(7-9-23)16(24)15-14(17)12(3)18-20(15)4/h10H,5-9H2,1-4H3. The molecule has 148 valence electrons. The Bertz CT molecular complexity index is 973. The number of hydrogen-bond acceptors (Lipinski definition) is 5. The van der Waals surface area contributed by atoms with E-state index in [-0.39, 0.29) is 23.9 Å². The van der Waals surface area contributed by atoms with E-state index in [1.165, 1.54) is 4.31 Å². The van der Waals surface area contributed by atoms with Gasteiger partial charge in [-0.15, -0.1) is 0 Å². The van der Waals surface area contributed by atoms with Crippen molar-refractivity contribution in [1.29, 1.82) is 0 Å². The molecular formula is C16H23BrN6O3S. The Hall–Kier alpha value is -1.72. The number of rotatable bonds is 4. The van der Waals surface area contributed by atoms with Gasteiger partial charge in [-0.2, -0.15) is 14.5 Å². The monoisotopic (exact) mass is 458 g/mol.